The van der Waals surface area contributed by atoms with Crippen molar-refractivity contribution in [1.29, 1.82) is 0 Å². The first-order valence-corrected chi connectivity index (χ1v) is 5.99. The fourth-order valence-electron chi connectivity index (χ4n) is 1.30. The van der Waals surface area contributed by atoms with Crippen LogP contribution in [0.3, 0.4) is 0 Å². The number of benzene rings is 1. The zero-order valence-corrected chi connectivity index (χ0v) is 10.4. The number of hydrogen-bond donors (Lipinski definition) is 1. The lowest BCUT2D eigenvalue weighted by Gasteiger charge is -2.11. The van der Waals surface area contributed by atoms with Crippen molar-refractivity contribution >= 4 is 15.9 Å². The first kappa shape index (κ1) is 12.3. The Balaban J connectivity index is 2.78. The maximum Gasteiger partial charge on any atom is 0.161 e. The van der Waals surface area contributed by atoms with Crippen molar-refractivity contribution < 1.29 is 9.47 Å². The van der Waals surface area contributed by atoms with Gasteiger partial charge in [-0.25, -0.2) is 0 Å². The zero-order chi connectivity index (χ0) is 11.1. The van der Waals surface area contributed by atoms with Gasteiger partial charge in [0.2, 0.25) is 0 Å². The summed E-state index contributed by atoms with van der Waals surface area (Å²) >= 11 is 3.31. The number of halogens is 1. The van der Waals surface area contributed by atoms with Crippen LogP contribution < -0.4 is 15.2 Å². The molecule has 0 bridgehead atoms. The molecule has 2 N–H and O–H groups in total. The summed E-state index contributed by atoms with van der Waals surface area (Å²) in [6, 6.07) is 5.90. The Morgan fingerprint density at radius 2 is 2.13 bits per heavy atom. The fraction of sp³-hybridized carbons (Fsp3) is 0.455. The summed E-state index contributed by atoms with van der Waals surface area (Å²) in [5.74, 6) is 1.54. The number of rotatable bonds is 6. The van der Waals surface area contributed by atoms with Crippen LogP contribution in [0.2, 0.25) is 0 Å². The Bertz CT molecular complexity index is 305. The molecule has 0 saturated carbocycles. The predicted octanol–water partition coefficient (Wildman–Crippen LogP) is 1.97. The Morgan fingerprint density at radius 1 is 1.33 bits per heavy atom. The second-order valence-electron chi connectivity index (χ2n) is 3.06. The van der Waals surface area contributed by atoms with E-state index in [2.05, 4.69) is 15.9 Å². The van der Waals surface area contributed by atoms with Crippen LogP contribution in [-0.4, -0.2) is 25.6 Å². The van der Waals surface area contributed by atoms with Crippen LogP contribution in [0.1, 0.15) is 5.56 Å². The van der Waals surface area contributed by atoms with Crippen molar-refractivity contribution in [2.75, 3.05) is 25.6 Å². The highest BCUT2D eigenvalue weighted by atomic mass is 79.9. The van der Waals surface area contributed by atoms with Gasteiger partial charge in [-0.15, -0.1) is 0 Å². The minimum Gasteiger partial charge on any atom is -0.493 e. The van der Waals surface area contributed by atoms with Crippen molar-refractivity contribution in [1.82, 2.24) is 0 Å². The van der Waals surface area contributed by atoms with E-state index in [4.69, 9.17) is 15.2 Å². The van der Waals surface area contributed by atoms with Crippen molar-refractivity contribution in [2.24, 2.45) is 5.73 Å². The van der Waals surface area contributed by atoms with Crippen molar-refractivity contribution in [2.45, 2.75) is 6.42 Å². The maximum absolute atomic E-state index is 5.51. The van der Waals surface area contributed by atoms with Gasteiger partial charge in [-0.3, -0.25) is 0 Å². The van der Waals surface area contributed by atoms with Crippen LogP contribution in [0.5, 0.6) is 11.5 Å². The zero-order valence-electron chi connectivity index (χ0n) is 8.83. The first-order valence-electron chi connectivity index (χ1n) is 4.87. The predicted molar refractivity (Wildman–Crippen MR) is 65.0 cm³/mol. The summed E-state index contributed by atoms with van der Waals surface area (Å²) in [7, 11) is 1.64. The van der Waals surface area contributed by atoms with E-state index in [1.165, 1.54) is 5.56 Å². The number of methoxy groups -OCH3 is 1. The lowest BCUT2D eigenvalue weighted by Crippen LogP contribution is -2.04. The van der Waals surface area contributed by atoms with Gasteiger partial charge in [0, 0.05) is 5.33 Å². The minimum atomic E-state index is 0.632. The van der Waals surface area contributed by atoms with Crippen LogP contribution in [0.4, 0.5) is 0 Å². The minimum absolute atomic E-state index is 0.632. The highest BCUT2D eigenvalue weighted by molar-refractivity contribution is 9.09. The van der Waals surface area contributed by atoms with E-state index in [1.54, 1.807) is 7.11 Å². The van der Waals surface area contributed by atoms with Gasteiger partial charge in [0.15, 0.2) is 11.5 Å². The molecular formula is C11H16BrNO2. The third-order valence-electron chi connectivity index (χ3n) is 2.00. The summed E-state index contributed by atoms with van der Waals surface area (Å²) in [4.78, 5) is 0. The SMILES string of the molecule is COc1cc(CCN)ccc1OCCBr. The molecule has 0 aliphatic heterocycles. The van der Waals surface area contributed by atoms with Gasteiger partial charge in [0.1, 0.15) is 0 Å². The average molecular weight is 274 g/mol. The summed E-state index contributed by atoms with van der Waals surface area (Å²) in [5.41, 5.74) is 6.66. The molecule has 0 fully saturated rings. The monoisotopic (exact) mass is 273 g/mol. The molecular weight excluding hydrogens is 258 g/mol. The van der Waals surface area contributed by atoms with E-state index in [0.717, 1.165) is 23.2 Å². The Kier molecular flexibility index (Phi) is 5.50. The van der Waals surface area contributed by atoms with Crippen LogP contribution in [0.25, 0.3) is 0 Å². The van der Waals surface area contributed by atoms with Gasteiger partial charge < -0.3 is 15.2 Å². The van der Waals surface area contributed by atoms with E-state index in [-0.39, 0.29) is 0 Å². The molecule has 0 heterocycles. The molecule has 0 radical (unpaired) electrons. The second kappa shape index (κ2) is 6.69. The number of alkyl halides is 1. The maximum atomic E-state index is 5.51. The quantitative estimate of drug-likeness (QED) is 0.807. The summed E-state index contributed by atoms with van der Waals surface area (Å²) in [6.45, 7) is 1.28. The largest absolute Gasteiger partial charge is 0.493 e. The van der Waals surface area contributed by atoms with Gasteiger partial charge in [-0.1, -0.05) is 22.0 Å². The molecule has 0 aliphatic carbocycles. The molecule has 0 aliphatic rings. The van der Waals surface area contributed by atoms with Gasteiger partial charge in [0.05, 0.1) is 13.7 Å². The van der Waals surface area contributed by atoms with Crippen molar-refractivity contribution in [3.8, 4) is 11.5 Å². The Hall–Kier alpha value is -0.740. The van der Waals surface area contributed by atoms with Gasteiger partial charge in [-0.2, -0.15) is 0 Å². The topological polar surface area (TPSA) is 44.5 Å². The number of nitrogens with two attached hydrogens (primary N) is 1. The summed E-state index contributed by atoms with van der Waals surface area (Å²) in [6.07, 6.45) is 0.856. The highest BCUT2D eigenvalue weighted by Crippen LogP contribution is 2.28. The summed E-state index contributed by atoms with van der Waals surface area (Å²) < 4.78 is 10.8. The lowest BCUT2D eigenvalue weighted by molar-refractivity contribution is 0.314. The normalized spacial score (nSPS) is 10.1. The number of hydrogen-bond acceptors (Lipinski definition) is 3. The second-order valence-corrected chi connectivity index (χ2v) is 3.85. The molecule has 1 aromatic rings. The van der Waals surface area contributed by atoms with Crippen LogP contribution in [0, 0.1) is 0 Å². The molecule has 0 atom stereocenters. The lowest BCUT2D eigenvalue weighted by atomic mass is 10.1. The smallest absolute Gasteiger partial charge is 0.161 e. The van der Waals surface area contributed by atoms with Gasteiger partial charge in [-0.05, 0) is 30.7 Å². The molecule has 1 aromatic carbocycles. The van der Waals surface area contributed by atoms with Crippen LogP contribution >= 0.6 is 15.9 Å². The van der Waals surface area contributed by atoms with E-state index < -0.39 is 0 Å². The average Bonchev–Trinajstić information content (AvgIpc) is 2.27. The Labute approximate surface area is 98.7 Å². The number of ether oxygens (including phenoxy) is 2. The van der Waals surface area contributed by atoms with E-state index in [0.29, 0.717) is 13.2 Å². The van der Waals surface area contributed by atoms with Crippen molar-refractivity contribution in [3.05, 3.63) is 23.8 Å². The molecule has 0 amide bonds. The van der Waals surface area contributed by atoms with E-state index >= 15 is 0 Å². The molecule has 0 spiro atoms. The molecule has 0 aromatic heterocycles. The molecule has 84 valence electrons. The van der Waals surface area contributed by atoms with Gasteiger partial charge in [0.25, 0.3) is 0 Å². The summed E-state index contributed by atoms with van der Waals surface area (Å²) in [5, 5.41) is 0.806. The van der Waals surface area contributed by atoms with E-state index in [9.17, 15) is 0 Å². The standard InChI is InChI=1S/C11H16BrNO2/c1-14-11-8-9(4-6-13)2-3-10(11)15-7-5-12/h2-3,8H,4-7,13H2,1H3. The molecule has 0 saturated heterocycles. The first-order chi connectivity index (χ1) is 7.31. The third kappa shape index (κ3) is 3.72. The van der Waals surface area contributed by atoms with E-state index in [1.807, 2.05) is 18.2 Å². The highest BCUT2D eigenvalue weighted by Gasteiger charge is 2.04. The third-order valence-corrected chi connectivity index (χ3v) is 2.32. The molecule has 1 rings (SSSR count). The van der Waals surface area contributed by atoms with Crippen LogP contribution in [-0.2, 0) is 6.42 Å². The molecule has 3 nitrogen and oxygen atoms in total. The van der Waals surface area contributed by atoms with Crippen LogP contribution in [0.15, 0.2) is 18.2 Å². The Morgan fingerprint density at radius 3 is 2.73 bits per heavy atom. The molecule has 0 unspecified atom stereocenters. The molecule has 15 heavy (non-hydrogen) atoms. The van der Waals surface area contributed by atoms with Crippen molar-refractivity contribution in [3.63, 3.8) is 0 Å². The van der Waals surface area contributed by atoms with Gasteiger partial charge >= 0.3 is 0 Å². The molecule has 4 heteroatoms. The fourth-order valence-corrected chi connectivity index (χ4v) is 1.46.